The van der Waals surface area contributed by atoms with E-state index in [0.717, 1.165) is 0 Å². The first-order valence-electron chi connectivity index (χ1n) is 7.78. The molecule has 2 aromatic rings. The fourth-order valence-electron chi connectivity index (χ4n) is 3.70. The molecule has 0 fully saturated rings. The molecular formula is C18H18N2O5. The Labute approximate surface area is 144 Å². The van der Waals surface area contributed by atoms with Gasteiger partial charge in [0.15, 0.2) is 17.2 Å². The Hall–Kier alpha value is -2.93. The molecule has 2 aromatic carbocycles. The number of rotatable bonds is 3. The first kappa shape index (κ1) is 15.6. The van der Waals surface area contributed by atoms with Crippen molar-refractivity contribution in [2.75, 3.05) is 26.6 Å². The van der Waals surface area contributed by atoms with Crippen LogP contribution >= 0.6 is 0 Å². The number of methoxy groups -OCH3 is 3. The number of amides is 1. The highest BCUT2D eigenvalue weighted by atomic mass is 16.5. The number of ether oxygens (including phenoxy) is 3. The smallest absolute Gasteiger partial charge is 0.253 e. The van der Waals surface area contributed by atoms with Gasteiger partial charge in [-0.05, 0) is 6.07 Å². The van der Waals surface area contributed by atoms with Crippen molar-refractivity contribution >= 4 is 11.6 Å². The summed E-state index contributed by atoms with van der Waals surface area (Å²) in [5.41, 5.74) is 1.18. The summed E-state index contributed by atoms with van der Waals surface area (Å²) in [5.74, 6) is 0.979. The lowest BCUT2D eigenvalue weighted by molar-refractivity contribution is 0.0718. The summed E-state index contributed by atoms with van der Waals surface area (Å²) < 4.78 is 16.3. The molecule has 0 saturated carbocycles. The number of nitrogens with one attached hydrogen (secondary N) is 2. The van der Waals surface area contributed by atoms with Crippen molar-refractivity contribution in [1.29, 1.82) is 0 Å². The molecule has 7 heteroatoms. The van der Waals surface area contributed by atoms with E-state index in [9.17, 15) is 9.90 Å². The molecule has 2 heterocycles. The topological polar surface area (TPSA) is 89.1 Å². The van der Waals surface area contributed by atoms with E-state index in [-0.39, 0.29) is 5.91 Å². The van der Waals surface area contributed by atoms with E-state index in [2.05, 4.69) is 10.6 Å². The van der Waals surface area contributed by atoms with Crippen LogP contribution in [-0.2, 0) is 5.66 Å². The molecule has 7 nitrogen and oxygen atoms in total. The van der Waals surface area contributed by atoms with Gasteiger partial charge in [0.2, 0.25) is 5.75 Å². The van der Waals surface area contributed by atoms with Crippen LogP contribution in [0.5, 0.6) is 17.2 Å². The van der Waals surface area contributed by atoms with Gasteiger partial charge >= 0.3 is 0 Å². The van der Waals surface area contributed by atoms with Gasteiger partial charge in [-0.2, -0.15) is 0 Å². The van der Waals surface area contributed by atoms with Gasteiger partial charge in [-0.25, -0.2) is 0 Å². The summed E-state index contributed by atoms with van der Waals surface area (Å²) in [5, 5.41) is 17.3. The highest BCUT2D eigenvalue weighted by Gasteiger charge is 2.55. The summed E-state index contributed by atoms with van der Waals surface area (Å²) in [6.07, 6.45) is -1.06. The summed E-state index contributed by atoms with van der Waals surface area (Å²) in [6, 6.07) is 8.89. The Bertz CT molecular complexity index is 882. The average Bonchev–Trinajstić information content (AvgIpc) is 3.08. The molecule has 4 rings (SSSR count). The summed E-state index contributed by atoms with van der Waals surface area (Å²) in [4.78, 5) is 12.4. The third-order valence-corrected chi connectivity index (χ3v) is 4.79. The van der Waals surface area contributed by atoms with E-state index in [1.54, 1.807) is 18.2 Å². The van der Waals surface area contributed by atoms with Crippen molar-refractivity contribution in [2.45, 2.75) is 11.8 Å². The molecule has 0 aliphatic carbocycles. The van der Waals surface area contributed by atoms with Crippen molar-refractivity contribution < 1.29 is 24.1 Å². The van der Waals surface area contributed by atoms with E-state index in [1.165, 1.54) is 21.3 Å². The Morgan fingerprint density at radius 3 is 2.44 bits per heavy atom. The van der Waals surface area contributed by atoms with Gasteiger partial charge < -0.3 is 30.0 Å². The van der Waals surface area contributed by atoms with Crippen LogP contribution in [0.4, 0.5) is 5.69 Å². The lowest BCUT2D eigenvalue weighted by Gasteiger charge is -2.29. The Balaban J connectivity index is 1.94. The number of aliphatic hydroxyl groups is 1. The van der Waals surface area contributed by atoms with Gasteiger partial charge in [-0.15, -0.1) is 0 Å². The molecule has 2 aliphatic heterocycles. The Morgan fingerprint density at radius 1 is 1.04 bits per heavy atom. The zero-order valence-corrected chi connectivity index (χ0v) is 14.0. The fraction of sp³-hybridized carbons (Fsp3) is 0.278. The zero-order chi connectivity index (χ0) is 17.8. The predicted octanol–water partition coefficient (Wildman–Crippen LogP) is 1.77. The van der Waals surface area contributed by atoms with Crippen molar-refractivity contribution in [2.24, 2.45) is 0 Å². The van der Waals surface area contributed by atoms with Crippen LogP contribution < -0.4 is 24.8 Å². The summed E-state index contributed by atoms with van der Waals surface area (Å²) in [7, 11) is 4.53. The first-order valence-corrected chi connectivity index (χ1v) is 7.78. The maximum absolute atomic E-state index is 12.4. The first-order chi connectivity index (χ1) is 12.1. The van der Waals surface area contributed by atoms with Gasteiger partial charge in [0.25, 0.3) is 5.91 Å². The van der Waals surface area contributed by atoms with Crippen molar-refractivity contribution in [1.82, 2.24) is 5.32 Å². The second-order valence-corrected chi connectivity index (χ2v) is 5.94. The number of anilines is 1. The standard InChI is InChI=1S/C18H18N2O5/c1-23-12-8-11-13(15(25-3)14(12)24-2)16(21)18(19-11)10-7-5-4-6-9(10)17(22)20-18/h4-8,16,19,21H,1-3H3,(H,20,22). The monoisotopic (exact) mass is 342 g/mol. The molecule has 0 radical (unpaired) electrons. The SMILES string of the molecule is COc1cc2c(c(OC)c1OC)C(O)C1(NC(=O)c3ccccc31)N2. The number of benzene rings is 2. The highest BCUT2D eigenvalue weighted by molar-refractivity contribution is 6.01. The minimum atomic E-state index is -1.15. The van der Waals surface area contributed by atoms with Crippen LogP contribution in [0.2, 0.25) is 0 Å². The lowest BCUT2D eigenvalue weighted by atomic mass is 9.92. The van der Waals surface area contributed by atoms with E-state index in [1.807, 2.05) is 12.1 Å². The molecule has 0 aromatic heterocycles. The molecule has 0 bridgehead atoms. The maximum atomic E-state index is 12.4. The highest BCUT2D eigenvalue weighted by Crippen LogP contribution is 2.56. The van der Waals surface area contributed by atoms with Crippen molar-refractivity contribution in [3.05, 3.63) is 47.0 Å². The van der Waals surface area contributed by atoms with Crippen LogP contribution in [0.3, 0.4) is 0 Å². The quantitative estimate of drug-likeness (QED) is 0.788. The zero-order valence-electron chi connectivity index (χ0n) is 14.0. The van der Waals surface area contributed by atoms with Gasteiger partial charge in [-0.3, -0.25) is 4.79 Å². The van der Waals surface area contributed by atoms with Crippen LogP contribution in [0.1, 0.15) is 27.6 Å². The van der Waals surface area contributed by atoms with Crippen molar-refractivity contribution in [3.8, 4) is 17.2 Å². The lowest BCUT2D eigenvalue weighted by Crippen LogP contribution is -2.47. The molecule has 0 saturated heterocycles. The fourth-order valence-corrected chi connectivity index (χ4v) is 3.70. The second-order valence-electron chi connectivity index (χ2n) is 5.94. The molecular weight excluding hydrogens is 324 g/mol. The third-order valence-electron chi connectivity index (χ3n) is 4.79. The van der Waals surface area contributed by atoms with Crippen LogP contribution in [0.15, 0.2) is 30.3 Å². The molecule has 2 aliphatic rings. The molecule has 1 spiro atoms. The molecule has 2 atom stereocenters. The maximum Gasteiger partial charge on any atom is 0.253 e. The molecule has 130 valence electrons. The van der Waals surface area contributed by atoms with E-state index in [0.29, 0.717) is 39.6 Å². The van der Waals surface area contributed by atoms with E-state index in [4.69, 9.17) is 14.2 Å². The molecule has 1 amide bonds. The van der Waals surface area contributed by atoms with Gasteiger partial charge in [0.05, 0.1) is 26.9 Å². The third kappa shape index (κ3) is 1.87. The van der Waals surface area contributed by atoms with Gasteiger partial charge in [0, 0.05) is 22.9 Å². The largest absolute Gasteiger partial charge is 0.493 e. The number of carbonyl (C=O) groups excluding carboxylic acids is 1. The molecule has 2 unspecified atom stereocenters. The van der Waals surface area contributed by atoms with Crippen LogP contribution in [0, 0.1) is 0 Å². The molecule has 25 heavy (non-hydrogen) atoms. The minimum absolute atomic E-state index is 0.243. The Morgan fingerprint density at radius 2 is 1.76 bits per heavy atom. The number of hydrogen-bond acceptors (Lipinski definition) is 6. The van der Waals surface area contributed by atoms with E-state index < -0.39 is 11.8 Å². The number of aliphatic hydroxyl groups excluding tert-OH is 1. The second kappa shape index (κ2) is 5.29. The normalized spacial score (nSPS) is 22.9. The van der Waals surface area contributed by atoms with Crippen molar-refractivity contribution in [3.63, 3.8) is 0 Å². The average molecular weight is 342 g/mol. The predicted molar refractivity (Wildman–Crippen MR) is 90.3 cm³/mol. The molecule has 3 N–H and O–H groups in total. The van der Waals surface area contributed by atoms with Gasteiger partial charge in [0.1, 0.15) is 6.10 Å². The summed E-state index contributed by atoms with van der Waals surface area (Å²) >= 11 is 0. The number of hydrogen-bond donors (Lipinski definition) is 3. The number of carbonyl (C=O) groups is 1. The van der Waals surface area contributed by atoms with Crippen LogP contribution in [0.25, 0.3) is 0 Å². The van der Waals surface area contributed by atoms with Gasteiger partial charge in [-0.1, -0.05) is 18.2 Å². The van der Waals surface area contributed by atoms with Crippen LogP contribution in [-0.4, -0.2) is 32.3 Å². The van der Waals surface area contributed by atoms with E-state index >= 15 is 0 Å². The number of fused-ring (bicyclic) bond motifs is 3. The Kier molecular flexibility index (Phi) is 3.30. The summed E-state index contributed by atoms with van der Waals surface area (Å²) in [6.45, 7) is 0. The minimum Gasteiger partial charge on any atom is -0.493 e.